The van der Waals surface area contributed by atoms with E-state index in [4.69, 9.17) is 21.1 Å². The first kappa shape index (κ1) is 20.9. The topological polar surface area (TPSA) is 64.6 Å². The average molecular weight is 400 g/mol. The molecule has 0 saturated carbocycles. The van der Waals surface area contributed by atoms with Crippen molar-refractivity contribution >= 4 is 23.5 Å². The number of dihydropyridines is 1. The van der Waals surface area contributed by atoms with E-state index in [1.165, 1.54) is 6.92 Å². The lowest BCUT2D eigenvalue weighted by molar-refractivity contribution is -0.139. The smallest absolute Gasteiger partial charge is 0.336 e. The molecule has 1 unspecified atom stereocenters. The summed E-state index contributed by atoms with van der Waals surface area (Å²) in [7, 11) is 0. The fourth-order valence-corrected chi connectivity index (χ4v) is 3.06. The molecule has 1 aromatic carbocycles. The second-order valence-corrected chi connectivity index (χ2v) is 6.15. The standard InChI is InChI=1S/C19H20ClF2NO4/c1-4-26-18(24)13-10(3)23-16(17(21)22)15(19(25)27-5-2)14(13)11-6-8-12(20)9-7-11/h6-9,14,17,23H,4-5H2,1-3H3. The maximum Gasteiger partial charge on any atom is 0.336 e. The van der Waals surface area contributed by atoms with E-state index in [0.29, 0.717) is 10.6 Å². The van der Waals surface area contributed by atoms with E-state index >= 15 is 0 Å². The van der Waals surface area contributed by atoms with Crippen LogP contribution in [0.25, 0.3) is 0 Å². The Morgan fingerprint density at radius 3 is 2.07 bits per heavy atom. The second-order valence-electron chi connectivity index (χ2n) is 5.72. The van der Waals surface area contributed by atoms with Gasteiger partial charge in [0.25, 0.3) is 6.43 Å². The monoisotopic (exact) mass is 399 g/mol. The van der Waals surface area contributed by atoms with E-state index in [-0.39, 0.29) is 30.1 Å². The van der Waals surface area contributed by atoms with Crippen LogP contribution in [0, 0.1) is 0 Å². The van der Waals surface area contributed by atoms with E-state index in [1.54, 1.807) is 38.1 Å². The minimum absolute atomic E-state index is 0.00360. The van der Waals surface area contributed by atoms with Gasteiger partial charge >= 0.3 is 11.9 Å². The zero-order valence-corrected chi connectivity index (χ0v) is 15.9. The molecule has 146 valence electrons. The van der Waals surface area contributed by atoms with E-state index in [0.717, 1.165) is 0 Å². The molecule has 0 radical (unpaired) electrons. The Balaban J connectivity index is 2.71. The highest BCUT2D eigenvalue weighted by Gasteiger charge is 2.41. The number of alkyl halides is 2. The summed E-state index contributed by atoms with van der Waals surface area (Å²) < 4.78 is 37.4. The summed E-state index contributed by atoms with van der Waals surface area (Å²) in [5.41, 5.74) is -0.186. The number of nitrogens with one attached hydrogen (secondary N) is 1. The molecule has 5 nitrogen and oxygen atoms in total. The molecule has 0 saturated heterocycles. The van der Waals surface area contributed by atoms with Gasteiger partial charge in [0.1, 0.15) is 0 Å². The van der Waals surface area contributed by atoms with Gasteiger partial charge in [-0.1, -0.05) is 23.7 Å². The van der Waals surface area contributed by atoms with Crippen molar-refractivity contribution in [3.63, 3.8) is 0 Å². The lowest BCUT2D eigenvalue weighted by Gasteiger charge is -2.31. The molecule has 27 heavy (non-hydrogen) atoms. The summed E-state index contributed by atoms with van der Waals surface area (Å²) in [6.07, 6.45) is -2.96. The maximum absolute atomic E-state index is 13.7. The van der Waals surface area contributed by atoms with Gasteiger partial charge < -0.3 is 14.8 Å². The lowest BCUT2D eigenvalue weighted by atomic mass is 9.80. The first-order valence-electron chi connectivity index (χ1n) is 8.41. The molecule has 0 bridgehead atoms. The Morgan fingerprint density at radius 1 is 1.07 bits per heavy atom. The first-order chi connectivity index (χ1) is 12.8. The molecule has 1 aliphatic rings. The minimum atomic E-state index is -2.96. The molecule has 1 atom stereocenters. The van der Waals surface area contributed by atoms with Crippen LogP contribution in [-0.4, -0.2) is 31.6 Å². The third-order valence-electron chi connectivity index (χ3n) is 4.01. The summed E-state index contributed by atoms with van der Waals surface area (Å²) in [5, 5.41) is 2.92. The first-order valence-corrected chi connectivity index (χ1v) is 8.79. The van der Waals surface area contributed by atoms with Crippen LogP contribution < -0.4 is 5.32 Å². The molecule has 0 aromatic heterocycles. The summed E-state index contributed by atoms with van der Waals surface area (Å²) >= 11 is 5.92. The number of carbonyl (C=O) groups excluding carboxylic acids is 2. The molecule has 0 aliphatic carbocycles. The highest BCUT2D eigenvalue weighted by Crippen LogP contribution is 2.40. The van der Waals surface area contributed by atoms with Crippen molar-refractivity contribution in [1.82, 2.24) is 5.32 Å². The van der Waals surface area contributed by atoms with Gasteiger partial charge in [-0.05, 0) is 38.5 Å². The Morgan fingerprint density at radius 2 is 1.59 bits per heavy atom. The van der Waals surface area contributed by atoms with E-state index in [9.17, 15) is 18.4 Å². The van der Waals surface area contributed by atoms with Crippen molar-refractivity contribution < 1.29 is 27.8 Å². The summed E-state index contributed by atoms with van der Waals surface area (Å²) in [6.45, 7) is 4.79. The van der Waals surface area contributed by atoms with Gasteiger partial charge in [-0.2, -0.15) is 0 Å². The zero-order chi connectivity index (χ0) is 20.1. The highest BCUT2D eigenvalue weighted by atomic mass is 35.5. The average Bonchev–Trinajstić information content (AvgIpc) is 2.61. The summed E-state index contributed by atoms with van der Waals surface area (Å²) in [6, 6.07) is 6.27. The second kappa shape index (κ2) is 8.99. The summed E-state index contributed by atoms with van der Waals surface area (Å²) in [5.74, 6) is -2.68. The van der Waals surface area contributed by atoms with Crippen molar-refractivity contribution in [2.75, 3.05) is 13.2 Å². The fourth-order valence-electron chi connectivity index (χ4n) is 2.93. The highest BCUT2D eigenvalue weighted by molar-refractivity contribution is 6.30. The van der Waals surface area contributed by atoms with Crippen LogP contribution in [0.2, 0.25) is 5.02 Å². The number of allylic oxidation sites excluding steroid dienone is 2. The number of halogens is 3. The number of ether oxygens (including phenoxy) is 2. The Labute approximate surface area is 161 Å². The van der Waals surface area contributed by atoms with Gasteiger partial charge in [0.2, 0.25) is 0 Å². The van der Waals surface area contributed by atoms with Crippen LogP contribution in [0.15, 0.2) is 46.8 Å². The molecule has 1 heterocycles. The molecule has 1 N–H and O–H groups in total. The number of hydrogen-bond donors (Lipinski definition) is 1. The van der Waals surface area contributed by atoms with E-state index in [2.05, 4.69) is 5.32 Å². The van der Waals surface area contributed by atoms with Gasteiger partial charge in [0, 0.05) is 10.7 Å². The van der Waals surface area contributed by atoms with Gasteiger partial charge in [0.15, 0.2) is 0 Å². The van der Waals surface area contributed by atoms with Crippen LogP contribution in [0.4, 0.5) is 8.78 Å². The van der Waals surface area contributed by atoms with Crippen molar-refractivity contribution in [3.8, 4) is 0 Å². The molecule has 2 rings (SSSR count). The predicted octanol–water partition coefficient (Wildman–Crippen LogP) is 3.95. The summed E-state index contributed by atoms with van der Waals surface area (Å²) in [4.78, 5) is 25.1. The Kier molecular flexibility index (Phi) is 6.96. The molecule has 0 fully saturated rings. The van der Waals surface area contributed by atoms with Crippen molar-refractivity contribution in [2.45, 2.75) is 33.1 Å². The van der Waals surface area contributed by atoms with Crippen molar-refractivity contribution in [2.24, 2.45) is 0 Å². The van der Waals surface area contributed by atoms with Crippen LogP contribution in [0.1, 0.15) is 32.3 Å². The molecular weight excluding hydrogens is 380 g/mol. The van der Waals surface area contributed by atoms with Gasteiger partial charge in [-0.3, -0.25) is 0 Å². The van der Waals surface area contributed by atoms with Crippen molar-refractivity contribution in [1.29, 1.82) is 0 Å². The lowest BCUT2D eigenvalue weighted by Crippen LogP contribution is -2.35. The Hall–Kier alpha value is -2.41. The number of hydrogen-bond acceptors (Lipinski definition) is 5. The molecule has 0 spiro atoms. The third-order valence-corrected chi connectivity index (χ3v) is 4.26. The largest absolute Gasteiger partial charge is 0.463 e. The SMILES string of the molecule is CCOC(=O)C1=C(C)NC(C(F)F)=C(C(=O)OCC)C1c1ccc(Cl)cc1. The minimum Gasteiger partial charge on any atom is -0.463 e. The molecule has 1 aromatic rings. The number of rotatable bonds is 6. The molecule has 1 aliphatic heterocycles. The predicted molar refractivity (Wildman–Crippen MR) is 96.3 cm³/mol. The zero-order valence-electron chi connectivity index (χ0n) is 15.1. The van der Waals surface area contributed by atoms with Crippen LogP contribution in [0.3, 0.4) is 0 Å². The molecule has 8 heteroatoms. The molecule has 0 amide bonds. The van der Waals surface area contributed by atoms with E-state index in [1.807, 2.05) is 0 Å². The van der Waals surface area contributed by atoms with Gasteiger partial charge in [-0.15, -0.1) is 0 Å². The van der Waals surface area contributed by atoms with Gasteiger partial charge in [-0.25, -0.2) is 18.4 Å². The Bertz CT molecular complexity index is 787. The quantitative estimate of drug-likeness (QED) is 0.734. The van der Waals surface area contributed by atoms with Gasteiger partial charge in [0.05, 0.1) is 36.0 Å². The van der Waals surface area contributed by atoms with Crippen molar-refractivity contribution in [3.05, 3.63) is 57.4 Å². The van der Waals surface area contributed by atoms with Crippen LogP contribution in [0.5, 0.6) is 0 Å². The molecular formula is C19H20ClF2NO4. The third kappa shape index (κ3) is 4.47. The normalized spacial score (nSPS) is 17.1. The van der Waals surface area contributed by atoms with Crippen LogP contribution in [-0.2, 0) is 19.1 Å². The fraction of sp³-hybridized carbons (Fsp3) is 0.368. The number of carbonyl (C=O) groups is 2. The maximum atomic E-state index is 13.7. The van der Waals surface area contributed by atoms with Crippen LogP contribution >= 0.6 is 11.6 Å². The van der Waals surface area contributed by atoms with E-state index < -0.39 is 30.0 Å². The number of esters is 2. The number of benzene rings is 1.